The third-order valence-corrected chi connectivity index (χ3v) is 3.40. The Kier molecular flexibility index (Phi) is 4.57. The average molecular weight is 323 g/mol. The van der Waals surface area contributed by atoms with Gasteiger partial charge in [0.2, 0.25) is 0 Å². The molecule has 0 saturated heterocycles. The van der Waals surface area contributed by atoms with Gasteiger partial charge in [-0.1, -0.05) is 52.5 Å². The third-order valence-electron chi connectivity index (χ3n) is 2.16. The molecule has 0 bridgehead atoms. The molecule has 0 fully saturated rings. The molecule has 0 unspecified atom stereocenters. The molecule has 0 spiro atoms. The van der Waals surface area contributed by atoms with E-state index >= 15 is 0 Å². The van der Waals surface area contributed by atoms with Crippen LogP contribution in [0.5, 0.6) is 5.75 Å². The zero-order chi connectivity index (χ0) is 13.1. The van der Waals surface area contributed by atoms with Crippen LogP contribution in [0.15, 0.2) is 30.5 Å². The number of ether oxygens (including phenoxy) is 1. The Bertz CT molecular complexity index is 557. The standard InChI is InChI=1S/C12H7Cl4NO/c13-8-3-10(15)11(4-9(8)14)18-6-7-1-2-12(16)17-5-7/h1-5H,6H2. The van der Waals surface area contributed by atoms with Crippen LogP contribution in [0.2, 0.25) is 20.2 Å². The summed E-state index contributed by atoms with van der Waals surface area (Å²) in [6.07, 6.45) is 1.63. The quantitative estimate of drug-likeness (QED) is 0.567. The van der Waals surface area contributed by atoms with Gasteiger partial charge in [-0.2, -0.15) is 0 Å². The molecule has 94 valence electrons. The van der Waals surface area contributed by atoms with Gasteiger partial charge < -0.3 is 4.74 Å². The number of rotatable bonds is 3. The third kappa shape index (κ3) is 3.42. The summed E-state index contributed by atoms with van der Waals surface area (Å²) in [5.74, 6) is 0.473. The Balaban J connectivity index is 2.10. The number of halogens is 4. The SMILES string of the molecule is Clc1ccc(COc2cc(Cl)c(Cl)cc2Cl)cn1. The van der Waals surface area contributed by atoms with E-state index in [-0.39, 0.29) is 0 Å². The lowest BCUT2D eigenvalue weighted by Gasteiger charge is -2.09. The number of hydrogen-bond donors (Lipinski definition) is 0. The van der Waals surface area contributed by atoms with E-state index < -0.39 is 0 Å². The Morgan fingerprint density at radius 2 is 1.67 bits per heavy atom. The Labute approximate surface area is 124 Å². The number of pyridine rings is 1. The molecule has 18 heavy (non-hydrogen) atoms. The highest BCUT2D eigenvalue weighted by molar-refractivity contribution is 6.43. The fraction of sp³-hybridized carbons (Fsp3) is 0.0833. The van der Waals surface area contributed by atoms with Crippen LogP contribution in [0.1, 0.15) is 5.56 Å². The van der Waals surface area contributed by atoms with Gasteiger partial charge in [-0.25, -0.2) is 4.98 Å². The normalized spacial score (nSPS) is 10.4. The van der Waals surface area contributed by atoms with Crippen molar-refractivity contribution >= 4 is 46.4 Å². The van der Waals surface area contributed by atoms with E-state index in [1.54, 1.807) is 24.4 Å². The molecule has 6 heteroatoms. The summed E-state index contributed by atoms with van der Waals surface area (Å²) >= 11 is 23.4. The van der Waals surface area contributed by atoms with Crippen LogP contribution in [0.25, 0.3) is 0 Å². The first kappa shape index (κ1) is 13.8. The predicted octanol–water partition coefficient (Wildman–Crippen LogP) is 5.27. The summed E-state index contributed by atoms with van der Waals surface area (Å²) in [5, 5.41) is 1.63. The van der Waals surface area contributed by atoms with Crippen LogP contribution >= 0.6 is 46.4 Å². The minimum absolute atomic E-state index is 0.321. The summed E-state index contributed by atoms with van der Waals surface area (Å²) < 4.78 is 5.54. The first-order valence-electron chi connectivity index (χ1n) is 4.94. The van der Waals surface area contributed by atoms with Crippen molar-refractivity contribution < 1.29 is 4.74 Å². The van der Waals surface area contributed by atoms with Gasteiger partial charge in [0.15, 0.2) is 0 Å². The molecule has 0 amide bonds. The Hall–Kier alpha value is -0.670. The molecular weight excluding hydrogens is 316 g/mol. The van der Waals surface area contributed by atoms with Crippen molar-refractivity contribution in [3.63, 3.8) is 0 Å². The number of benzene rings is 1. The van der Waals surface area contributed by atoms with Gasteiger partial charge in [0.25, 0.3) is 0 Å². The maximum absolute atomic E-state index is 5.99. The molecular formula is C12H7Cl4NO. The molecule has 0 N–H and O–H groups in total. The summed E-state index contributed by atoms with van der Waals surface area (Å²) in [5.41, 5.74) is 0.876. The van der Waals surface area contributed by atoms with Gasteiger partial charge in [0, 0.05) is 17.8 Å². The van der Waals surface area contributed by atoms with Crippen molar-refractivity contribution in [1.29, 1.82) is 0 Å². The van der Waals surface area contributed by atoms with Crippen molar-refractivity contribution in [2.75, 3.05) is 0 Å². The average Bonchev–Trinajstić information content (AvgIpc) is 2.34. The van der Waals surface area contributed by atoms with Crippen molar-refractivity contribution in [2.24, 2.45) is 0 Å². The van der Waals surface area contributed by atoms with Crippen molar-refractivity contribution in [3.05, 3.63) is 56.2 Å². The molecule has 0 aliphatic heterocycles. The second-order valence-electron chi connectivity index (χ2n) is 3.47. The molecule has 1 aromatic carbocycles. The van der Waals surface area contributed by atoms with Gasteiger partial charge in [-0.05, 0) is 12.1 Å². The Morgan fingerprint density at radius 1 is 0.944 bits per heavy atom. The van der Waals surface area contributed by atoms with Crippen LogP contribution < -0.4 is 4.74 Å². The van der Waals surface area contributed by atoms with Crippen molar-refractivity contribution in [3.8, 4) is 5.75 Å². The monoisotopic (exact) mass is 321 g/mol. The largest absolute Gasteiger partial charge is 0.487 e. The highest BCUT2D eigenvalue weighted by Crippen LogP contribution is 2.34. The highest BCUT2D eigenvalue weighted by Gasteiger charge is 2.07. The maximum atomic E-state index is 5.99. The van der Waals surface area contributed by atoms with Gasteiger partial charge >= 0.3 is 0 Å². The van der Waals surface area contributed by atoms with E-state index in [2.05, 4.69) is 4.98 Å². The summed E-state index contributed by atoms with van der Waals surface area (Å²) in [6.45, 7) is 0.321. The molecule has 2 aromatic rings. The van der Waals surface area contributed by atoms with E-state index in [0.717, 1.165) is 5.56 Å². The van der Waals surface area contributed by atoms with Gasteiger partial charge in [-0.3, -0.25) is 0 Å². The molecule has 0 atom stereocenters. The first-order valence-corrected chi connectivity index (χ1v) is 6.45. The van der Waals surface area contributed by atoms with Crippen LogP contribution in [0.4, 0.5) is 0 Å². The zero-order valence-corrected chi connectivity index (χ0v) is 12.0. The fourth-order valence-electron chi connectivity index (χ4n) is 1.27. The Morgan fingerprint density at radius 3 is 2.33 bits per heavy atom. The van der Waals surface area contributed by atoms with Crippen LogP contribution in [0.3, 0.4) is 0 Å². The topological polar surface area (TPSA) is 22.1 Å². The second-order valence-corrected chi connectivity index (χ2v) is 5.08. The maximum Gasteiger partial charge on any atom is 0.139 e. The van der Waals surface area contributed by atoms with E-state index in [1.165, 1.54) is 0 Å². The number of hydrogen-bond acceptors (Lipinski definition) is 2. The van der Waals surface area contributed by atoms with Gasteiger partial charge in [0.1, 0.15) is 17.5 Å². The zero-order valence-electron chi connectivity index (χ0n) is 8.96. The predicted molar refractivity (Wildman–Crippen MR) is 75.1 cm³/mol. The van der Waals surface area contributed by atoms with E-state index in [9.17, 15) is 0 Å². The van der Waals surface area contributed by atoms with Crippen molar-refractivity contribution in [2.45, 2.75) is 6.61 Å². The summed E-state index contributed by atoms with van der Waals surface area (Å²) in [7, 11) is 0. The lowest BCUT2D eigenvalue weighted by Crippen LogP contribution is -1.96. The van der Waals surface area contributed by atoms with E-state index in [1.807, 2.05) is 6.07 Å². The van der Waals surface area contributed by atoms with Gasteiger partial charge in [-0.15, -0.1) is 0 Å². The number of aromatic nitrogens is 1. The van der Waals surface area contributed by atoms with Crippen LogP contribution in [-0.4, -0.2) is 4.98 Å². The smallest absolute Gasteiger partial charge is 0.139 e. The van der Waals surface area contributed by atoms with E-state index in [0.29, 0.717) is 32.6 Å². The molecule has 1 heterocycles. The minimum Gasteiger partial charge on any atom is -0.487 e. The molecule has 1 aromatic heterocycles. The summed E-state index contributed by atoms with van der Waals surface area (Å²) in [4.78, 5) is 3.95. The molecule has 0 aliphatic rings. The first-order chi connectivity index (χ1) is 8.56. The van der Waals surface area contributed by atoms with E-state index in [4.69, 9.17) is 51.1 Å². The number of nitrogens with zero attached hydrogens (tertiary/aromatic N) is 1. The summed E-state index contributed by atoms with van der Waals surface area (Å²) in [6, 6.07) is 6.63. The lowest BCUT2D eigenvalue weighted by atomic mass is 10.3. The van der Waals surface area contributed by atoms with Gasteiger partial charge in [0.05, 0.1) is 15.1 Å². The molecule has 0 aliphatic carbocycles. The van der Waals surface area contributed by atoms with Crippen LogP contribution in [0, 0.1) is 0 Å². The lowest BCUT2D eigenvalue weighted by molar-refractivity contribution is 0.306. The molecule has 2 rings (SSSR count). The fourth-order valence-corrected chi connectivity index (χ4v) is 1.97. The van der Waals surface area contributed by atoms with Crippen LogP contribution in [-0.2, 0) is 6.61 Å². The minimum atomic E-state index is 0.321. The highest BCUT2D eigenvalue weighted by atomic mass is 35.5. The molecule has 2 nitrogen and oxygen atoms in total. The van der Waals surface area contributed by atoms with Crippen molar-refractivity contribution in [1.82, 2.24) is 4.98 Å². The molecule has 0 saturated carbocycles. The molecule has 0 radical (unpaired) electrons. The second kappa shape index (κ2) is 5.98.